The summed E-state index contributed by atoms with van der Waals surface area (Å²) in [6, 6.07) is 0. The van der Waals surface area contributed by atoms with Gasteiger partial charge in [0.2, 0.25) is 0 Å². The monoisotopic (exact) mass is 296 g/mol. The molecule has 1 saturated heterocycles. The Hall–Kier alpha value is -0.650. The van der Waals surface area contributed by atoms with Gasteiger partial charge in [0.25, 0.3) is 0 Å². The molecule has 0 spiro atoms. The van der Waals surface area contributed by atoms with Gasteiger partial charge in [-0.15, -0.1) is 0 Å². The molecular weight excluding hydrogens is 268 g/mol. The van der Waals surface area contributed by atoms with Gasteiger partial charge in [-0.05, 0) is 26.8 Å². The molecule has 1 aromatic rings. The molecule has 0 bridgehead atoms. The predicted octanol–water partition coefficient (Wildman–Crippen LogP) is 2.43. The minimum atomic E-state index is -0.286. The maximum absolute atomic E-state index is 6.32. The maximum atomic E-state index is 6.32. The van der Waals surface area contributed by atoms with Gasteiger partial charge in [-0.1, -0.05) is 31.6 Å². The van der Waals surface area contributed by atoms with Crippen LogP contribution in [0.1, 0.15) is 44.7 Å². The van der Waals surface area contributed by atoms with Crippen molar-refractivity contribution in [2.45, 2.75) is 46.1 Å². The molecule has 1 aliphatic rings. The largest absolute Gasteiger partial charge is 0.346 e. The molecule has 1 aliphatic heterocycles. The number of nitrogens with two attached hydrogens (primary N) is 1. The summed E-state index contributed by atoms with van der Waals surface area (Å²) in [6.45, 7) is 14.2. The van der Waals surface area contributed by atoms with Crippen LogP contribution in [0.4, 0.5) is 5.13 Å². The van der Waals surface area contributed by atoms with Crippen molar-refractivity contribution in [2.24, 2.45) is 5.73 Å². The third-order valence-electron chi connectivity index (χ3n) is 3.85. The van der Waals surface area contributed by atoms with Crippen LogP contribution in [0.5, 0.6) is 0 Å². The minimum absolute atomic E-state index is 0.286. The molecule has 2 rings (SSSR count). The molecule has 0 aliphatic carbocycles. The van der Waals surface area contributed by atoms with E-state index in [1.165, 1.54) is 10.6 Å². The van der Waals surface area contributed by atoms with Crippen molar-refractivity contribution in [2.75, 3.05) is 37.6 Å². The molecule has 0 unspecified atom stereocenters. The third kappa shape index (κ3) is 3.51. The molecule has 5 heteroatoms. The van der Waals surface area contributed by atoms with Crippen LogP contribution in [0.25, 0.3) is 0 Å². The average molecular weight is 296 g/mol. The van der Waals surface area contributed by atoms with Gasteiger partial charge in [0, 0.05) is 36.6 Å². The van der Waals surface area contributed by atoms with Gasteiger partial charge in [-0.3, -0.25) is 0 Å². The quantitative estimate of drug-likeness (QED) is 0.906. The summed E-state index contributed by atoms with van der Waals surface area (Å²) in [5.74, 6) is 0. The van der Waals surface area contributed by atoms with Crippen molar-refractivity contribution in [3.8, 4) is 0 Å². The van der Waals surface area contributed by atoms with E-state index in [2.05, 4.69) is 37.5 Å². The summed E-state index contributed by atoms with van der Waals surface area (Å²) in [5.41, 5.74) is 7.24. The van der Waals surface area contributed by atoms with Crippen LogP contribution in [0.2, 0.25) is 0 Å². The number of hydrogen-bond acceptors (Lipinski definition) is 5. The Morgan fingerprint density at radius 2 is 1.85 bits per heavy atom. The number of thiazole rings is 1. The molecule has 2 N–H and O–H groups in total. The van der Waals surface area contributed by atoms with Crippen LogP contribution in [0.3, 0.4) is 0 Å². The van der Waals surface area contributed by atoms with Gasteiger partial charge in [-0.25, -0.2) is 4.98 Å². The number of piperazine rings is 1. The zero-order chi connectivity index (χ0) is 14.8. The van der Waals surface area contributed by atoms with E-state index in [0.29, 0.717) is 0 Å². The highest BCUT2D eigenvalue weighted by Crippen LogP contribution is 2.34. The average Bonchev–Trinajstić information content (AvgIpc) is 2.83. The molecule has 1 aromatic heterocycles. The van der Waals surface area contributed by atoms with Crippen molar-refractivity contribution in [3.05, 3.63) is 10.6 Å². The number of nitrogens with zero attached hydrogens (tertiary/aromatic N) is 3. The second kappa shape index (κ2) is 6.41. The van der Waals surface area contributed by atoms with Gasteiger partial charge >= 0.3 is 0 Å². The standard InChI is InChI=1S/C15H28N4S/c1-5-7-12-13(15(3,4)16)20-14(17-12)19-10-8-18(6-2)9-11-19/h5-11,16H2,1-4H3. The first-order valence-electron chi connectivity index (χ1n) is 7.72. The Morgan fingerprint density at radius 1 is 1.20 bits per heavy atom. The van der Waals surface area contributed by atoms with Gasteiger partial charge in [0.1, 0.15) is 0 Å². The van der Waals surface area contributed by atoms with Crippen molar-refractivity contribution >= 4 is 16.5 Å². The fraction of sp³-hybridized carbons (Fsp3) is 0.800. The first-order chi connectivity index (χ1) is 9.45. The van der Waals surface area contributed by atoms with Crippen molar-refractivity contribution < 1.29 is 0 Å². The molecule has 1 fully saturated rings. The van der Waals surface area contributed by atoms with Crippen molar-refractivity contribution in [1.82, 2.24) is 9.88 Å². The first-order valence-corrected chi connectivity index (χ1v) is 8.53. The summed E-state index contributed by atoms with van der Waals surface area (Å²) < 4.78 is 0. The van der Waals surface area contributed by atoms with E-state index in [1.54, 1.807) is 11.3 Å². The van der Waals surface area contributed by atoms with Crippen molar-refractivity contribution in [3.63, 3.8) is 0 Å². The lowest BCUT2D eigenvalue weighted by Crippen LogP contribution is -2.46. The molecular formula is C15H28N4S. The lowest BCUT2D eigenvalue weighted by molar-refractivity contribution is 0.271. The summed E-state index contributed by atoms with van der Waals surface area (Å²) in [7, 11) is 0. The van der Waals surface area contributed by atoms with Crippen LogP contribution in [0, 0.1) is 0 Å². The van der Waals surface area contributed by atoms with E-state index in [9.17, 15) is 0 Å². The molecule has 0 amide bonds. The number of aryl methyl sites for hydroxylation is 1. The van der Waals surface area contributed by atoms with Gasteiger partial charge in [0.05, 0.1) is 5.69 Å². The van der Waals surface area contributed by atoms with Crippen LogP contribution < -0.4 is 10.6 Å². The smallest absolute Gasteiger partial charge is 0.185 e. The van der Waals surface area contributed by atoms with E-state index in [-0.39, 0.29) is 5.54 Å². The Labute approximate surface area is 127 Å². The molecule has 0 radical (unpaired) electrons. The van der Waals surface area contributed by atoms with Crippen LogP contribution in [0.15, 0.2) is 0 Å². The number of anilines is 1. The highest BCUT2D eigenvalue weighted by atomic mass is 32.1. The summed E-state index contributed by atoms with van der Waals surface area (Å²) in [5, 5.41) is 1.16. The van der Waals surface area contributed by atoms with E-state index < -0.39 is 0 Å². The maximum Gasteiger partial charge on any atom is 0.185 e. The second-order valence-electron chi connectivity index (χ2n) is 6.17. The minimum Gasteiger partial charge on any atom is -0.346 e. The molecule has 2 heterocycles. The van der Waals surface area contributed by atoms with Crippen LogP contribution >= 0.6 is 11.3 Å². The topological polar surface area (TPSA) is 45.4 Å². The van der Waals surface area contributed by atoms with Gasteiger partial charge in [-0.2, -0.15) is 0 Å². The summed E-state index contributed by atoms with van der Waals surface area (Å²) >= 11 is 1.79. The third-order valence-corrected chi connectivity index (χ3v) is 5.35. The number of likely N-dealkylation sites (N-methyl/N-ethyl adjacent to an activating group) is 1. The molecule has 20 heavy (non-hydrogen) atoms. The molecule has 114 valence electrons. The molecule has 0 saturated carbocycles. The fourth-order valence-electron chi connectivity index (χ4n) is 2.64. The van der Waals surface area contributed by atoms with Crippen molar-refractivity contribution in [1.29, 1.82) is 0 Å². The van der Waals surface area contributed by atoms with Crippen LogP contribution in [-0.4, -0.2) is 42.6 Å². The van der Waals surface area contributed by atoms with E-state index >= 15 is 0 Å². The Morgan fingerprint density at radius 3 is 2.35 bits per heavy atom. The lowest BCUT2D eigenvalue weighted by Gasteiger charge is -2.33. The SMILES string of the molecule is CCCc1nc(N2CCN(CC)CC2)sc1C(C)(C)N. The molecule has 4 nitrogen and oxygen atoms in total. The zero-order valence-electron chi connectivity index (χ0n) is 13.3. The fourth-order valence-corrected chi connectivity index (χ4v) is 3.82. The normalized spacial score (nSPS) is 17.8. The van der Waals surface area contributed by atoms with Gasteiger partial charge in [0.15, 0.2) is 5.13 Å². The summed E-state index contributed by atoms with van der Waals surface area (Å²) in [4.78, 5) is 11.1. The number of rotatable bonds is 5. The Bertz CT molecular complexity index is 428. The number of hydrogen-bond donors (Lipinski definition) is 1. The van der Waals surface area contributed by atoms with Crippen LogP contribution in [-0.2, 0) is 12.0 Å². The number of aromatic nitrogens is 1. The zero-order valence-corrected chi connectivity index (χ0v) is 14.1. The van der Waals surface area contributed by atoms with Gasteiger partial charge < -0.3 is 15.5 Å². The highest BCUT2D eigenvalue weighted by Gasteiger charge is 2.26. The van der Waals surface area contributed by atoms with E-state index in [1.807, 2.05) is 0 Å². The lowest BCUT2D eigenvalue weighted by atomic mass is 10.0. The van der Waals surface area contributed by atoms with E-state index in [0.717, 1.165) is 50.7 Å². The molecule has 0 atom stereocenters. The Kier molecular flexibility index (Phi) is 5.04. The van der Waals surface area contributed by atoms with E-state index in [4.69, 9.17) is 10.7 Å². The second-order valence-corrected chi connectivity index (χ2v) is 7.14. The molecule has 0 aromatic carbocycles. The highest BCUT2D eigenvalue weighted by molar-refractivity contribution is 7.15. The summed E-state index contributed by atoms with van der Waals surface area (Å²) in [6.07, 6.45) is 2.15. The Balaban J connectivity index is 2.17. The predicted molar refractivity (Wildman–Crippen MR) is 87.6 cm³/mol. The first kappa shape index (κ1) is 15.7.